The molecule has 1 aliphatic carbocycles. The van der Waals surface area contributed by atoms with Crippen LogP contribution in [0.4, 0.5) is 5.69 Å². The van der Waals surface area contributed by atoms with Gasteiger partial charge in [-0.05, 0) is 49.6 Å². The van der Waals surface area contributed by atoms with E-state index in [0.717, 1.165) is 25.6 Å². The number of rotatable bonds is 5. The van der Waals surface area contributed by atoms with Crippen molar-refractivity contribution in [2.75, 3.05) is 18.4 Å². The van der Waals surface area contributed by atoms with Gasteiger partial charge in [0.05, 0.1) is 5.56 Å². The molecule has 2 aliphatic rings. The summed E-state index contributed by atoms with van der Waals surface area (Å²) in [7, 11) is 0. The Morgan fingerprint density at radius 2 is 1.88 bits per heavy atom. The van der Waals surface area contributed by atoms with Crippen LogP contribution in [0.2, 0.25) is 0 Å². The van der Waals surface area contributed by atoms with Gasteiger partial charge in [-0.3, -0.25) is 19.5 Å². The Labute approximate surface area is 152 Å². The van der Waals surface area contributed by atoms with Crippen molar-refractivity contribution in [3.8, 4) is 0 Å². The van der Waals surface area contributed by atoms with Gasteiger partial charge in [0.1, 0.15) is 0 Å². The molecule has 6 nitrogen and oxygen atoms in total. The summed E-state index contributed by atoms with van der Waals surface area (Å²) in [5.41, 5.74) is 1.63. The van der Waals surface area contributed by atoms with Gasteiger partial charge in [0, 0.05) is 48.8 Å². The Hall–Kier alpha value is -2.73. The largest absolute Gasteiger partial charge is 0.348 e. The van der Waals surface area contributed by atoms with Crippen LogP contribution in [-0.2, 0) is 0 Å². The van der Waals surface area contributed by atoms with Gasteiger partial charge >= 0.3 is 0 Å². The van der Waals surface area contributed by atoms with Crippen LogP contribution in [0, 0.1) is 0 Å². The minimum atomic E-state index is -0.244. The van der Waals surface area contributed by atoms with Gasteiger partial charge in [0.25, 0.3) is 11.8 Å². The molecule has 0 spiro atoms. The third kappa shape index (κ3) is 3.91. The molecule has 26 heavy (non-hydrogen) atoms. The van der Waals surface area contributed by atoms with Gasteiger partial charge in [0.15, 0.2) is 0 Å². The number of anilines is 1. The zero-order chi connectivity index (χ0) is 17.9. The van der Waals surface area contributed by atoms with E-state index in [2.05, 4.69) is 20.5 Å². The van der Waals surface area contributed by atoms with Crippen LogP contribution in [0.5, 0.6) is 0 Å². The highest BCUT2D eigenvalue weighted by Gasteiger charge is 2.34. The zero-order valence-electron chi connectivity index (χ0n) is 14.5. The quantitative estimate of drug-likeness (QED) is 0.868. The van der Waals surface area contributed by atoms with Crippen LogP contribution in [-0.4, -0.2) is 46.9 Å². The van der Waals surface area contributed by atoms with Crippen LogP contribution in [0.15, 0.2) is 48.8 Å². The molecule has 2 heterocycles. The summed E-state index contributed by atoms with van der Waals surface area (Å²) in [4.78, 5) is 31.2. The zero-order valence-corrected chi connectivity index (χ0v) is 14.5. The minimum Gasteiger partial charge on any atom is -0.348 e. The molecule has 134 valence electrons. The Bertz CT molecular complexity index is 804. The first-order valence-corrected chi connectivity index (χ1v) is 9.05. The Kier molecular flexibility index (Phi) is 4.67. The second-order valence-electron chi connectivity index (χ2n) is 6.96. The number of benzene rings is 1. The first-order chi connectivity index (χ1) is 12.7. The molecule has 2 N–H and O–H groups in total. The van der Waals surface area contributed by atoms with Gasteiger partial charge in [0.2, 0.25) is 0 Å². The van der Waals surface area contributed by atoms with E-state index in [1.165, 1.54) is 19.0 Å². The lowest BCUT2D eigenvalue weighted by atomic mass is 10.1. The SMILES string of the molecule is O=C(Nc1cccc(C(=O)NC2CCN(C3CC3)C2)c1)c1cccnc1. The number of hydrogen-bond donors (Lipinski definition) is 2. The number of nitrogens with one attached hydrogen (secondary N) is 2. The molecule has 0 radical (unpaired) electrons. The summed E-state index contributed by atoms with van der Waals surface area (Å²) in [6.07, 6.45) is 6.71. The molecule has 1 saturated carbocycles. The normalized spacial score (nSPS) is 19.9. The maximum Gasteiger partial charge on any atom is 0.257 e. The van der Waals surface area contributed by atoms with Crippen molar-refractivity contribution in [3.63, 3.8) is 0 Å². The van der Waals surface area contributed by atoms with Crippen molar-refractivity contribution < 1.29 is 9.59 Å². The van der Waals surface area contributed by atoms with Gasteiger partial charge in [-0.25, -0.2) is 0 Å². The van der Waals surface area contributed by atoms with Crippen LogP contribution in [0.3, 0.4) is 0 Å². The van der Waals surface area contributed by atoms with Crippen molar-refractivity contribution in [1.82, 2.24) is 15.2 Å². The first kappa shape index (κ1) is 16.7. The fourth-order valence-corrected chi connectivity index (χ4v) is 3.38. The van der Waals surface area contributed by atoms with Crippen LogP contribution < -0.4 is 10.6 Å². The number of nitrogens with zero attached hydrogens (tertiary/aromatic N) is 2. The van der Waals surface area contributed by atoms with E-state index in [9.17, 15) is 9.59 Å². The van der Waals surface area contributed by atoms with Crippen LogP contribution >= 0.6 is 0 Å². The molecule has 1 aliphatic heterocycles. The molecule has 2 amide bonds. The lowest BCUT2D eigenvalue weighted by Gasteiger charge is -2.16. The highest BCUT2D eigenvalue weighted by molar-refractivity contribution is 6.04. The molecule has 1 saturated heterocycles. The topological polar surface area (TPSA) is 74.3 Å². The number of aromatic nitrogens is 1. The third-order valence-corrected chi connectivity index (χ3v) is 4.92. The van der Waals surface area contributed by atoms with E-state index in [1.807, 2.05) is 0 Å². The van der Waals surface area contributed by atoms with Crippen molar-refractivity contribution in [2.45, 2.75) is 31.3 Å². The average Bonchev–Trinajstić information content (AvgIpc) is 3.42. The first-order valence-electron chi connectivity index (χ1n) is 9.05. The molecule has 0 bridgehead atoms. The van der Waals surface area contributed by atoms with Gasteiger partial charge < -0.3 is 10.6 Å². The highest BCUT2D eigenvalue weighted by atomic mass is 16.2. The molecule has 1 unspecified atom stereocenters. The standard InChI is InChI=1S/C20H22N4O2/c25-19(23-17-8-10-24(13-17)18-6-7-18)14-3-1-5-16(11-14)22-20(26)15-4-2-9-21-12-15/h1-5,9,11-12,17-18H,6-8,10,13H2,(H,22,26)(H,23,25). The smallest absolute Gasteiger partial charge is 0.257 e. The van der Waals surface area contributed by atoms with Gasteiger partial charge in [-0.2, -0.15) is 0 Å². The molecule has 2 aromatic rings. The van der Waals surface area contributed by atoms with E-state index in [0.29, 0.717) is 16.8 Å². The summed E-state index contributed by atoms with van der Waals surface area (Å²) in [5, 5.41) is 5.93. The molecule has 6 heteroatoms. The van der Waals surface area contributed by atoms with E-state index in [-0.39, 0.29) is 17.9 Å². The summed E-state index contributed by atoms with van der Waals surface area (Å²) < 4.78 is 0. The maximum atomic E-state index is 12.5. The minimum absolute atomic E-state index is 0.0925. The Balaban J connectivity index is 1.37. The predicted molar refractivity (Wildman–Crippen MR) is 99.1 cm³/mol. The van der Waals surface area contributed by atoms with Crippen molar-refractivity contribution in [2.24, 2.45) is 0 Å². The monoisotopic (exact) mass is 350 g/mol. The lowest BCUT2D eigenvalue weighted by molar-refractivity contribution is 0.0936. The maximum absolute atomic E-state index is 12.5. The fourth-order valence-electron chi connectivity index (χ4n) is 3.38. The number of carbonyl (C=O) groups excluding carboxylic acids is 2. The van der Waals surface area contributed by atoms with Crippen LogP contribution in [0.1, 0.15) is 40.0 Å². The molecule has 1 atom stereocenters. The van der Waals surface area contributed by atoms with Crippen LogP contribution in [0.25, 0.3) is 0 Å². The molecule has 2 fully saturated rings. The predicted octanol–water partition coefficient (Wildman–Crippen LogP) is 2.30. The molecule has 4 rings (SSSR count). The van der Waals surface area contributed by atoms with Gasteiger partial charge in [-0.15, -0.1) is 0 Å². The third-order valence-electron chi connectivity index (χ3n) is 4.92. The molecule has 1 aromatic carbocycles. The highest BCUT2D eigenvalue weighted by Crippen LogP contribution is 2.29. The van der Waals surface area contributed by atoms with E-state index < -0.39 is 0 Å². The van der Waals surface area contributed by atoms with Crippen molar-refractivity contribution in [1.29, 1.82) is 0 Å². The van der Waals surface area contributed by atoms with E-state index >= 15 is 0 Å². The molecular formula is C20H22N4O2. The Morgan fingerprint density at radius 1 is 1.04 bits per heavy atom. The lowest BCUT2D eigenvalue weighted by Crippen LogP contribution is -2.37. The van der Waals surface area contributed by atoms with Crippen molar-refractivity contribution >= 4 is 17.5 Å². The fraction of sp³-hybridized carbons (Fsp3) is 0.350. The second kappa shape index (κ2) is 7.25. The van der Waals surface area contributed by atoms with Gasteiger partial charge in [-0.1, -0.05) is 6.07 Å². The van der Waals surface area contributed by atoms with E-state index in [4.69, 9.17) is 0 Å². The average molecular weight is 350 g/mol. The number of pyridine rings is 1. The Morgan fingerprint density at radius 3 is 2.65 bits per heavy atom. The molecular weight excluding hydrogens is 328 g/mol. The number of carbonyl (C=O) groups is 2. The van der Waals surface area contributed by atoms with Crippen molar-refractivity contribution in [3.05, 3.63) is 59.9 Å². The summed E-state index contributed by atoms with van der Waals surface area (Å²) in [5.74, 6) is -0.336. The number of amides is 2. The summed E-state index contributed by atoms with van der Waals surface area (Å²) >= 11 is 0. The van der Waals surface area contributed by atoms with E-state index in [1.54, 1.807) is 42.6 Å². The number of likely N-dealkylation sites (tertiary alicyclic amines) is 1. The summed E-state index contributed by atoms with van der Waals surface area (Å²) in [6.45, 7) is 2.00. The summed E-state index contributed by atoms with van der Waals surface area (Å²) in [6, 6.07) is 11.4. The second-order valence-corrected chi connectivity index (χ2v) is 6.96. The molecule has 1 aromatic heterocycles. The number of hydrogen-bond acceptors (Lipinski definition) is 4.